The Hall–Kier alpha value is -1.62. The summed E-state index contributed by atoms with van der Waals surface area (Å²) in [6.45, 7) is 3.68. The monoisotopic (exact) mass is 429 g/mol. The highest BCUT2D eigenvalue weighted by Crippen LogP contribution is 2.22. The Balaban J connectivity index is 2.01. The summed E-state index contributed by atoms with van der Waals surface area (Å²) in [7, 11) is -3.49. The van der Waals surface area contributed by atoms with Crippen LogP contribution in [0.25, 0.3) is 10.2 Å². The topological polar surface area (TPSA) is 81.0 Å². The molecule has 0 radical (unpaired) electrons. The fourth-order valence-electron chi connectivity index (χ4n) is 3.37. The number of fused-ring (bicyclic) bond motifs is 1. The van der Waals surface area contributed by atoms with Crippen LogP contribution in [0.15, 0.2) is 23.2 Å². The first-order valence-electron chi connectivity index (χ1n) is 9.23. The predicted octanol–water partition coefficient (Wildman–Crippen LogP) is 2.12. The number of hydrogen-bond donors (Lipinski definition) is 0. The van der Waals surface area contributed by atoms with Gasteiger partial charge in [-0.1, -0.05) is 17.8 Å². The van der Waals surface area contributed by atoms with Crippen LogP contribution in [0.3, 0.4) is 0 Å². The molecule has 1 amide bonds. The molecule has 0 spiro atoms. The van der Waals surface area contributed by atoms with Crippen molar-refractivity contribution in [2.45, 2.75) is 38.8 Å². The van der Waals surface area contributed by atoms with Crippen molar-refractivity contribution in [1.82, 2.24) is 8.87 Å². The third-order valence-corrected chi connectivity index (χ3v) is 7.01. The molecular formula is C18H24FN3O4S2. The van der Waals surface area contributed by atoms with Crippen LogP contribution in [-0.4, -0.2) is 55.3 Å². The third-order valence-electron chi connectivity index (χ3n) is 4.68. The Morgan fingerprint density at radius 3 is 2.89 bits per heavy atom. The van der Waals surface area contributed by atoms with Gasteiger partial charge in [-0.3, -0.25) is 4.79 Å². The average Bonchev–Trinajstić information content (AvgIpc) is 2.97. The number of sulfonamides is 1. The summed E-state index contributed by atoms with van der Waals surface area (Å²) in [4.78, 5) is 17.5. The lowest BCUT2D eigenvalue weighted by molar-refractivity contribution is -0.122. The van der Waals surface area contributed by atoms with Crippen molar-refractivity contribution >= 4 is 37.5 Å². The quantitative estimate of drug-likeness (QED) is 0.659. The molecule has 1 saturated heterocycles. The molecule has 0 bridgehead atoms. The lowest BCUT2D eigenvalue weighted by Crippen LogP contribution is -2.47. The number of rotatable bonds is 6. The number of hydrogen-bond acceptors (Lipinski definition) is 5. The molecule has 1 atom stereocenters. The molecule has 10 heteroatoms. The second-order valence-corrected chi connectivity index (χ2v) is 9.62. The van der Waals surface area contributed by atoms with Crippen molar-refractivity contribution in [1.29, 1.82) is 0 Å². The van der Waals surface area contributed by atoms with Crippen molar-refractivity contribution in [3.63, 3.8) is 0 Å². The molecule has 2 heterocycles. The molecule has 0 saturated carbocycles. The summed E-state index contributed by atoms with van der Waals surface area (Å²) in [5, 5.41) is 0. The number of aromatic nitrogens is 1. The van der Waals surface area contributed by atoms with E-state index in [1.807, 2.05) is 11.5 Å². The maximum Gasteiger partial charge on any atom is 0.266 e. The van der Waals surface area contributed by atoms with Crippen molar-refractivity contribution < 1.29 is 22.3 Å². The van der Waals surface area contributed by atoms with Crippen LogP contribution in [0.1, 0.15) is 26.2 Å². The minimum absolute atomic E-state index is 0.326. The van der Waals surface area contributed by atoms with Crippen molar-refractivity contribution in [3.8, 4) is 0 Å². The van der Waals surface area contributed by atoms with Gasteiger partial charge in [-0.15, -0.1) is 0 Å². The van der Waals surface area contributed by atoms with E-state index in [1.54, 1.807) is 6.07 Å². The smallest absolute Gasteiger partial charge is 0.266 e. The summed E-state index contributed by atoms with van der Waals surface area (Å²) in [6.07, 6.45) is 3.07. The van der Waals surface area contributed by atoms with Crippen molar-refractivity contribution in [3.05, 3.63) is 28.8 Å². The van der Waals surface area contributed by atoms with Crippen LogP contribution in [0.4, 0.5) is 4.39 Å². The standard InChI is InChI=1S/C18H24FN3O4S2/c1-3-26-11-10-21-14-8-7-13(19)12-16(14)27-18(21)20-17(23)15-6-4-5-9-22(15)28(2,24)25/h7-8,12,15H,3-6,9-11H2,1-2H3. The summed E-state index contributed by atoms with van der Waals surface area (Å²) < 4.78 is 46.9. The molecule has 1 unspecified atom stereocenters. The lowest BCUT2D eigenvalue weighted by atomic mass is 10.0. The highest BCUT2D eigenvalue weighted by molar-refractivity contribution is 7.88. The average molecular weight is 430 g/mol. The minimum Gasteiger partial charge on any atom is -0.380 e. The van der Waals surface area contributed by atoms with Gasteiger partial charge in [0.25, 0.3) is 5.91 Å². The molecule has 0 N–H and O–H groups in total. The van der Waals surface area contributed by atoms with Crippen LogP contribution in [0.5, 0.6) is 0 Å². The molecule has 1 fully saturated rings. The number of benzene rings is 1. The lowest BCUT2D eigenvalue weighted by Gasteiger charge is -2.31. The van der Waals surface area contributed by atoms with Crippen LogP contribution in [0, 0.1) is 5.82 Å². The number of thiazole rings is 1. The number of amides is 1. The first-order chi connectivity index (χ1) is 13.3. The fraction of sp³-hybridized carbons (Fsp3) is 0.556. The summed E-state index contributed by atoms with van der Waals surface area (Å²) >= 11 is 1.21. The van der Waals surface area contributed by atoms with E-state index >= 15 is 0 Å². The Morgan fingerprint density at radius 2 is 2.18 bits per heavy atom. The third kappa shape index (κ3) is 4.68. The molecule has 1 aromatic heterocycles. The van der Waals surface area contributed by atoms with E-state index in [1.165, 1.54) is 27.8 Å². The summed E-state index contributed by atoms with van der Waals surface area (Å²) in [6, 6.07) is 3.64. The van der Waals surface area contributed by atoms with Crippen LogP contribution >= 0.6 is 11.3 Å². The van der Waals surface area contributed by atoms with Gasteiger partial charge < -0.3 is 9.30 Å². The minimum atomic E-state index is -3.49. The van der Waals surface area contributed by atoms with Gasteiger partial charge in [0.15, 0.2) is 4.80 Å². The molecule has 2 aromatic rings. The van der Waals surface area contributed by atoms with Gasteiger partial charge in [0.05, 0.1) is 23.1 Å². The predicted molar refractivity (Wildman–Crippen MR) is 106 cm³/mol. The fourth-order valence-corrected chi connectivity index (χ4v) is 5.57. The summed E-state index contributed by atoms with van der Waals surface area (Å²) in [5.41, 5.74) is 0.765. The summed E-state index contributed by atoms with van der Waals surface area (Å²) in [5.74, 6) is -0.846. The second-order valence-electron chi connectivity index (χ2n) is 6.68. The first-order valence-corrected chi connectivity index (χ1v) is 11.9. The molecule has 1 aliphatic rings. The Labute approximate surface area is 167 Å². The van der Waals surface area contributed by atoms with Gasteiger partial charge in [0, 0.05) is 19.7 Å². The SMILES string of the molecule is CCOCCn1c(=NC(=O)C2CCCCN2S(C)(=O)=O)sc2cc(F)ccc21. The zero-order valence-corrected chi connectivity index (χ0v) is 17.6. The number of carbonyl (C=O) groups is 1. The molecule has 3 rings (SSSR count). The van der Waals surface area contributed by atoms with E-state index in [0.717, 1.165) is 24.6 Å². The number of nitrogens with zero attached hydrogens (tertiary/aromatic N) is 3. The number of carbonyl (C=O) groups excluding carboxylic acids is 1. The molecule has 28 heavy (non-hydrogen) atoms. The van der Waals surface area contributed by atoms with Gasteiger partial charge in [-0.2, -0.15) is 9.30 Å². The number of piperidine rings is 1. The van der Waals surface area contributed by atoms with E-state index in [2.05, 4.69) is 4.99 Å². The van der Waals surface area contributed by atoms with Crippen LogP contribution < -0.4 is 4.80 Å². The van der Waals surface area contributed by atoms with Gasteiger partial charge >= 0.3 is 0 Å². The molecule has 154 valence electrons. The highest BCUT2D eigenvalue weighted by atomic mass is 32.2. The number of ether oxygens (including phenoxy) is 1. The largest absolute Gasteiger partial charge is 0.380 e. The molecule has 1 aromatic carbocycles. The number of halogens is 1. The normalized spacial score (nSPS) is 19.4. The maximum absolute atomic E-state index is 13.6. The highest BCUT2D eigenvalue weighted by Gasteiger charge is 2.34. The van der Waals surface area contributed by atoms with Crippen molar-refractivity contribution in [2.75, 3.05) is 26.0 Å². The van der Waals surface area contributed by atoms with Gasteiger partial charge in [0.1, 0.15) is 11.9 Å². The van der Waals surface area contributed by atoms with E-state index in [4.69, 9.17) is 4.74 Å². The molecular weight excluding hydrogens is 405 g/mol. The first kappa shape index (κ1) is 21.1. The van der Waals surface area contributed by atoms with E-state index in [0.29, 0.717) is 42.2 Å². The second kappa shape index (κ2) is 8.81. The Kier molecular flexibility index (Phi) is 6.64. The van der Waals surface area contributed by atoms with E-state index in [9.17, 15) is 17.6 Å². The molecule has 1 aliphatic heterocycles. The zero-order valence-electron chi connectivity index (χ0n) is 15.9. The van der Waals surface area contributed by atoms with Gasteiger partial charge in [-0.05, 0) is 38.0 Å². The van der Waals surface area contributed by atoms with Gasteiger partial charge in [0.2, 0.25) is 10.0 Å². The van der Waals surface area contributed by atoms with Crippen molar-refractivity contribution in [2.24, 2.45) is 4.99 Å². The van der Waals surface area contributed by atoms with Crippen LogP contribution in [-0.2, 0) is 26.1 Å². The van der Waals surface area contributed by atoms with E-state index in [-0.39, 0.29) is 5.82 Å². The maximum atomic E-state index is 13.6. The van der Waals surface area contributed by atoms with E-state index < -0.39 is 22.0 Å². The van der Waals surface area contributed by atoms with Gasteiger partial charge in [-0.25, -0.2) is 12.8 Å². The van der Waals surface area contributed by atoms with Crippen LogP contribution in [0.2, 0.25) is 0 Å². The Bertz CT molecular complexity index is 1030. The molecule has 0 aliphatic carbocycles. The zero-order chi connectivity index (χ0) is 20.3. The Morgan fingerprint density at radius 1 is 1.39 bits per heavy atom. The molecule has 7 nitrogen and oxygen atoms in total.